The van der Waals surface area contributed by atoms with E-state index in [1.165, 1.54) is 0 Å². The number of ether oxygens (including phenoxy) is 2. The van der Waals surface area contributed by atoms with Gasteiger partial charge in [0.15, 0.2) is 5.82 Å². The third-order valence-electron chi connectivity index (χ3n) is 6.81. The van der Waals surface area contributed by atoms with Crippen LogP contribution in [0.15, 0.2) is 95.5 Å². The summed E-state index contributed by atoms with van der Waals surface area (Å²) in [4.78, 5) is 30.9. The van der Waals surface area contributed by atoms with Gasteiger partial charge < -0.3 is 30.4 Å². The van der Waals surface area contributed by atoms with Gasteiger partial charge in [0.1, 0.15) is 17.2 Å². The summed E-state index contributed by atoms with van der Waals surface area (Å²) in [7, 11) is 0. The van der Waals surface area contributed by atoms with E-state index in [1.807, 2.05) is 112 Å². The van der Waals surface area contributed by atoms with Crippen molar-refractivity contribution in [2.45, 2.75) is 76.8 Å². The van der Waals surface area contributed by atoms with Crippen LogP contribution in [0, 0.1) is 0 Å². The van der Waals surface area contributed by atoms with Gasteiger partial charge in [0, 0.05) is 0 Å². The van der Waals surface area contributed by atoms with Gasteiger partial charge in [0.05, 0.1) is 24.7 Å². The molecule has 238 valence electrons. The van der Waals surface area contributed by atoms with Gasteiger partial charge in [-0.05, 0) is 58.2 Å². The van der Waals surface area contributed by atoms with E-state index in [9.17, 15) is 9.59 Å². The molecule has 4 aromatic rings. The fraction of sp³-hybridized carbons (Fsp3) is 0.371. The maximum Gasteiger partial charge on any atom is 0.408 e. The average molecular weight is 614 g/mol. The second kappa shape index (κ2) is 14.0. The minimum absolute atomic E-state index is 0.0524. The normalized spacial score (nSPS) is 13.5. The maximum absolute atomic E-state index is 13.8. The van der Waals surface area contributed by atoms with Gasteiger partial charge in [-0.3, -0.25) is 4.79 Å². The van der Waals surface area contributed by atoms with Crippen molar-refractivity contribution in [2.24, 2.45) is 5.73 Å². The Hall–Kier alpha value is -4.54. The van der Waals surface area contributed by atoms with Crippen molar-refractivity contribution in [1.82, 2.24) is 20.8 Å². The molecule has 0 aliphatic rings. The number of carbonyl (C=O) groups excluding carboxylic acids is 2. The van der Waals surface area contributed by atoms with Gasteiger partial charge in [-0.15, -0.1) is 0 Å². The number of nitrogens with one attached hydrogen (secondary N) is 2. The van der Waals surface area contributed by atoms with Gasteiger partial charge >= 0.3 is 6.09 Å². The lowest BCUT2D eigenvalue weighted by molar-refractivity contribution is -0.122. The fourth-order valence-corrected chi connectivity index (χ4v) is 4.83. The molecule has 0 spiro atoms. The largest absolute Gasteiger partial charge is 0.444 e. The summed E-state index contributed by atoms with van der Waals surface area (Å²) in [6, 6.07) is 27.7. The predicted molar refractivity (Wildman–Crippen MR) is 171 cm³/mol. The first-order chi connectivity index (χ1) is 21.3. The molecule has 1 heterocycles. The van der Waals surface area contributed by atoms with Crippen LogP contribution >= 0.6 is 0 Å². The summed E-state index contributed by atoms with van der Waals surface area (Å²) in [5.41, 5.74) is 6.95. The van der Waals surface area contributed by atoms with Crippen molar-refractivity contribution in [1.29, 1.82) is 0 Å². The van der Waals surface area contributed by atoms with E-state index in [2.05, 4.69) is 20.8 Å². The Labute approximate surface area is 264 Å². The molecule has 10 nitrogen and oxygen atoms in total. The molecule has 0 saturated heterocycles. The van der Waals surface area contributed by atoms with Crippen molar-refractivity contribution in [3.8, 4) is 0 Å². The monoisotopic (exact) mass is 613 g/mol. The van der Waals surface area contributed by atoms with Gasteiger partial charge in [-0.25, -0.2) is 4.79 Å². The van der Waals surface area contributed by atoms with Crippen LogP contribution in [-0.2, 0) is 19.8 Å². The Morgan fingerprint density at radius 2 is 1.29 bits per heavy atom. The van der Waals surface area contributed by atoms with Crippen LogP contribution in [0.1, 0.15) is 88.5 Å². The van der Waals surface area contributed by atoms with Crippen molar-refractivity contribution in [3.05, 3.63) is 119 Å². The van der Waals surface area contributed by atoms with Gasteiger partial charge in [0.2, 0.25) is 11.8 Å². The van der Waals surface area contributed by atoms with E-state index >= 15 is 0 Å². The molecule has 3 aromatic carbocycles. The first kappa shape index (κ1) is 33.4. The number of nitrogens with two attached hydrogens (primary N) is 1. The number of alkyl carbamates (subject to hydrolysis) is 1. The molecule has 1 aromatic heterocycles. The van der Waals surface area contributed by atoms with Crippen LogP contribution in [0.25, 0.3) is 0 Å². The van der Waals surface area contributed by atoms with Crippen LogP contribution in [0.5, 0.6) is 0 Å². The summed E-state index contributed by atoms with van der Waals surface area (Å²) in [6.45, 7) is 11.1. The number of amides is 2. The summed E-state index contributed by atoms with van der Waals surface area (Å²) in [5.74, 6) is -0.113. The Bertz CT molecular complexity index is 1430. The molecule has 0 bridgehead atoms. The highest BCUT2D eigenvalue weighted by molar-refractivity contribution is 5.79. The number of aromatic nitrogens is 2. The Balaban J connectivity index is 1.59. The van der Waals surface area contributed by atoms with Gasteiger partial charge in [-0.2, -0.15) is 4.98 Å². The average Bonchev–Trinajstić information content (AvgIpc) is 3.49. The van der Waals surface area contributed by atoms with Crippen molar-refractivity contribution < 1.29 is 23.6 Å². The molecule has 10 heteroatoms. The third kappa shape index (κ3) is 8.99. The molecule has 0 aliphatic heterocycles. The molecule has 2 atom stereocenters. The smallest absolute Gasteiger partial charge is 0.408 e. The number of hydrogen-bond acceptors (Lipinski definition) is 8. The van der Waals surface area contributed by atoms with Crippen molar-refractivity contribution >= 4 is 12.0 Å². The molecule has 45 heavy (non-hydrogen) atoms. The van der Waals surface area contributed by atoms with Gasteiger partial charge in [0.25, 0.3) is 0 Å². The van der Waals surface area contributed by atoms with Crippen LogP contribution in [0.4, 0.5) is 4.79 Å². The number of carbonyl (C=O) groups is 2. The van der Waals surface area contributed by atoms with Crippen LogP contribution in [-0.4, -0.2) is 40.0 Å². The lowest BCUT2D eigenvalue weighted by atomic mass is 9.77. The Morgan fingerprint density at radius 3 is 1.73 bits per heavy atom. The summed E-state index contributed by atoms with van der Waals surface area (Å²) < 4.78 is 16.8. The quantitative estimate of drug-likeness (QED) is 0.176. The van der Waals surface area contributed by atoms with E-state index in [0.717, 1.165) is 16.7 Å². The summed E-state index contributed by atoms with van der Waals surface area (Å²) >= 11 is 0. The van der Waals surface area contributed by atoms with E-state index in [-0.39, 0.29) is 30.7 Å². The molecule has 0 fully saturated rings. The highest BCUT2D eigenvalue weighted by Crippen LogP contribution is 2.37. The number of hydrogen-bond donors (Lipinski definition) is 3. The topological polar surface area (TPSA) is 142 Å². The van der Waals surface area contributed by atoms with Crippen LogP contribution < -0.4 is 16.4 Å². The van der Waals surface area contributed by atoms with E-state index in [4.69, 9.17) is 19.7 Å². The van der Waals surface area contributed by atoms with Gasteiger partial charge in [-0.1, -0.05) is 96.2 Å². The van der Waals surface area contributed by atoms with Crippen molar-refractivity contribution in [2.75, 3.05) is 6.61 Å². The lowest BCUT2D eigenvalue weighted by Gasteiger charge is -2.37. The second-order valence-electron chi connectivity index (χ2n) is 12.8. The highest BCUT2D eigenvalue weighted by atomic mass is 16.6. The fourth-order valence-electron chi connectivity index (χ4n) is 4.83. The third-order valence-corrected chi connectivity index (χ3v) is 6.81. The molecule has 0 saturated carbocycles. The standard InChI is InChI=1S/C35H43N5O5/c1-33(2,3)43-23-28(37-32(42)44-34(4,5)6)30-38-31(45-40-30)27(36)22-29(41)39-35(24-16-10-7-11-17-24,25-18-12-8-13-19-25)26-20-14-9-15-21-26/h7-21,27-28H,22-23,36H2,1-6H3,(H,37,42)(H,39,41)/t27-,28+/m1/s1. The molecular formula is C35H43N5O5. The predicted octanol–water partition coefficient (Wildman–Crippen LogP) is 5.95. The maximum atomic E-state index is 13.8. The van der Waals surface area contributed by atoms with E-state index in [0.29, 0.717) is 0 Å². The Kier molecular flexibility index (Phi) is 10.4. The first-order valence-electron chi connectivity index (χ1n) is 15.0. The highest BCUT2D eigenvalue weighted by Gasteiger charge is 2.38. The molecule has 0 radical (unpaired) electrons. The number of rotatable bonds is 11. The van der Waals surface area contributed by atoms with E-state index in [1.54, 1.807) is 20.8 Å². The van der Waals surface area contributed by atoms with E-state index < -0.39 is 34.9 Å². The zero-order valence-electron chi connectivity index (χ0n) is 26.7. The first-order valence-corrected chi connectivity index (χ1v) is 15.0. The zero-order valence-corrected chi connectivity index (χ0v) is 26.7. The summed E-state index contributed by atoms with van der Waals surface area (Å²) in [5, 5.41) is 10.1. The molecule has 0 aliphatic carbocycles. The van der Waals surface area contributed by atoms with Crippen molar-refractivity contribution in [3.63, 3.8) is 0 Å². The van der Waals surface area contributed by atoms with Crippen LogP contribution in [0.3, 0.4) is 0 Å². The molecular weight excluding hydrogens is 570 g/mol. The molecule has 4 rings (SSSR count). The minimum atomic E-state index is -0.993. The lowest BCUT2D eigenvalue weighted by Crippen LogP contribution is -2.48. The van der Waals surface area contributed by atoms with Crippen LogP contribution in [0.2, 0.25) is 0 Å². The zero-order chi connectivity index (χ0) is 32.7. The summed E-state index contributed by atoms with van der Waals surface area (Å²) in [6.07, 6.45) is -0.794. The number of nitrogens with zero attached hydrogens (tertiary/aromatic N) is 2. The minimum Gasteiger partial charge on any atom is -0.444 e. The molecule has 2 amide bonds. The SMILES string of the molecule is CC(C)(C)OC[C@H](NC(=O)OC(C)(C)C)c1noc([C@H](N)CC(=O)NC(c2ccccc2)(c2ccccc2)c2ccccc2)n1. The second-order valence-corrected chi connectivity index (χ2v) is 12.8. The molecule has 0 unspecified atom stereocenters. The number of benzene rings is 3. The Morgan fingerprint density at radius 1 is 0.800 bits per heavy atom. The molecule has 4 N–H and O–H groups in total.